The van der Waals surface area contributed by atoms with Gasteiger partial charge in [0.1, 0.15) is 0 Å². The largest absolute Gasteiger partial charge is 0.366 e. The highest BCUT2D eigenvalue weighted by Crippen LogP contribution is 2.23. The zero-order valence-electron chi connectivity index (χ0n) is 15.0. The molecule has 3 aromatic rings. The first kappa shape index (κ1) is 17.5. The number of para-hydroxylation sites is 1. The number of amides is 2. The van der Waals surface area contributed by atoms with Gasteiger partial charge < -0.3 is 15.6 Å². The van der Waals surface area contributed by atoms with Gasteiger partial charge in [-0.25, -0.2) is 0 Å². The van der Waals surface area contributed by atoms with Crippen molar-refractivity contribution in [1.82, 2.24) is 4.57 Å². The number of carbonyl (C=O) groups is 2. The van der Waals surface area contributed by atoms with Crippen molar-refractivity contribution in [2.45, 2.75) is 20.8 Å². The van der Waals surface area contributed by atoms with E-state index >= 15 is 0 Å². The van der Waals surface area contributed by atoms with E-state index in [4.69, 9.17) is 5.73 Å². The van der Waals surface area contributed by atoms with Crippen molar-refractivity contribution in [1.29, 1.82) is 0 Å². The highest BCUT2D eigenvalue weighted by molar-refractivity contribution is 6.09. The zero-order chi connectivity index (χ0) is 18.8. The fourth-order valence-electron chi connectivity index (χ4n) is 3.15. The summed E-state index contributed by atoms with van der Waals surface area (Å²) in [6, 6.07) is 16.7. The average Bonchev–Trinajstić information content (AvgIpc) is 2.89. The normalized spacial score (nSPS) is 10.6. The Morgan fingerprint density at radius 1 is 0.923 bits per heavy atom. The van der Waals surface area contributed by atoms with Crippen LogP contribution in [0.2, 0.25) is 0 Å². The number of hydrogen-bond donors (Lipinski definition) is 2. The van der Waals surface area contributed by atoms with E-state index in [9.17, 15) is 9.59 Å². The second kappa shape index (κ2) is 6.88. The van der Waals surface area contributed by atoms with Crippen LogP contribution in [0, 0.1) is 20.8 Å². The monoisotopic (exact) mass is 347 g/mol. The van der Waals surface area contributed by atoms with E-state index in [1.807, 2.05) is 49.6 Å². The summed E-state index contributed by atoms with van der Waals surface area (Å²) in [6.07, 6.45) is 0. The Kier molecular flexibility index (Phi) is 4.63. The van der Waals surface area contributed by atoms with Crippen molar-refractivity contribution in [3.63, 3.8) is 0 Å². The fourth-order valence-corrected chi connectivity index (χ4v) is 3.15. The zero-order valence-corrected chi connectivity index (χ0v) is 15.0. The number of primary amides is 1. The number of anilines is 1. The standard InChI is InChI=1S/C21H21N3O2/c1-13-7-6-8-16(11-13)24-14(2)12-18(15(24)3)21(26)23-19-10-5-4-9-17(19)20(22)25/h4-12H,1-3H3,(H2,22,25)(H,23,26). The molecule has 1 aromatic heterocycles. The summed E-state index contributed by atoms with van der Waals surface area (Å²) < 4.78 is 2.04. The molecule has 0 bridgehead atoms. The minimum absolute atomic E-state index is 0.272. The maximum atomic E-state index is 12.8. The summed E-state index contributed by atoms with van der Waals surface area (Å²) >= 11 is 0. The van der Waals surface area contributed by atoms with E-state index in [0.29, 0.717) is 11.3 Å². The third-order valence-electron chi connectivity index (χ3n) is 4.38. The van der Waals surface area contributed by atoms with Gasteiger partial charge in [0, 0.05) is 17.1 Å². The number of hydrogen-bond acceptors (Lipinski definition) is 2. The van der Waals surface area contributed by atoms with E-state index in [0.717, 1.165) is 22.6 Å². The van der Waals surface area contributed by atoms with E-state index < -0.39 is 5.91 Å². The number of carbonyl (C=O) groups excluding carboxylic acids is 2. The number of rotatable bonds is 4. The number of aryl methyl sites for hydroxylation is 2. The van der Waals surface area contributed by atoms with Gasteiger partial charge in [-0.1, -0.05) is 24.3 Å². The lowest BCUT2D eigenvalue weighted by atomic mass is 10.1. The third-order valence-corrected chi connectivity index (χ3v) is 4.38. The molecule has 2 aromatic carbocycles. The highest BCUT2D eigenvalue weighted by atomic mass is 16.2. The van der Waals surface area contributed by atoms with Crippen LogP contribution >= 0.6 is 0 Å². The maximum Gasteiger partial charge on any atom is 0.257 e. The van der Waals surface area contributed by atoms with Crippen LogP contribution in [0.5, 0.6) is 0 Å². The van der Waals surface area contributed by atoms with Crippen LogP contribution in [0.3, 0.4) is 0 Å². The first-order valence-corrected chi connectivity index (χ1v) is 8.34. The summed E-state index contributed by atoms with van der Waals surface area (Å²) in [7, 11) is 0. The molecule has 0 unspecified atom stereocenters. The molecule has 0 aliphatic heterocycles. The molecule has 0 saturated carbocycles. The average molecular weight is 347 g/mol. The molecule has 26 heavy (non-hydrogen) atoms. The van der Waals surface area contributed by atoms with Gasteiger partial charge in [-0.05, 0) is 56.7 Å². The maximum absolute atomic E-state index is 12.8. The van der Waals surface area contributed by atoms with E-state index in [1.165, 1.54) is 0 Å². The molecule has 0 saturated heterocycles. The molecule has 0 aliphatic rings. The molecule has 0 spiro atoms. The van der Waals surface area contributed by atoms with Crippen LogP contribution in [0.15, 0.2) is 54.6 Å². The highest BCUT2D eigenvalue weighted by Gasteiger charge is 2.18. The molecule has 132 valence electrons. The Morgan fingerprint density at radius 3 is 2.35 bits per heavy atom. The van der Waals surface area contributed by atoms with Crippen LogP contribution in [0.1, 0.15) is 37.7 Å². The van der Waals surface area contributed by atoms with Crippen molar-refractivity contribution in [3.8, 4) is 5.69 Å². The Hall–Kier alpha value is -3.34. The quantitative estimate of drug-likeness (QED) is 0.754. The van der Waals surface area contributed by atoms with Gasteiger partial charge in [0.2, 0.25) is 0 Å². The van der Waals surface area contributed by atoms with Crippen LogP contribution in [-0.4, -0.2) is 16.4 Å². The first-order valence-electron chi connectivity index (χ1n) is 8.34. The van der Waals surface area contributed by atoms with E-state index in [-0.39, 0.29) is 11.5 Å². The second-order valence-electron chi connectivity index (χ2n) is 6.32. The Labute approximate surface area is 152 Å². The van der Waals surface area contributed by atoms with Gasteiger partial charge in [-0.2, -0.15) is 0 Å². The molecule has 1 heterocycles. The molecule has 0 fully saturated rings. The topological polar surface area (TPSA) is 77.1 Å². The number of nitrogens with zero attached hydrogens (tertiary/aromatic N) is 1. The molecular formula is C21H21N3O2. The van der Waals surface area contributed by atoms with Gasteiger partial charge in [0.25, 0.3) is 11.8 Å². The summed E-state index contributed by atoms with van der Waals surface area (Å²) in [5.41, 5.74) is 10.6. The van der Waals surface area contributed by atoms with Crippen LogP contribution in [0.25, 0.3) is 5.69 Å². The molecule has 3 rings (SSSR count). The summed E-state index contributed by atoms with van der Waals surface area (Å²) in [4.78, 5) is 24.3. The minimum Gasteiger partial charge on any atom is -0.366 e. The van der Waals surface area contributed by atoms with E-state index in [1.54, 1.807) is 24.3 Å². The Balaban J connectivity index is 1.97. The first-order chi connectivity index (χ1) is 12.4. The van der Waals surface area contributed by atoms with Crippen molar-refractivity contribution >= 4 is 17.5 Å². The number of aromatic nitrogens is 1. The Morgan fingerprint density at radius 2 is 1.65 bits per heavy atom. The molecule has 3 N–H and O–H groups in total. The van der Waals surface area contributed by atoms with Crippen LogP contribution < -0.4 is 11.1 Å². The molecule has 0 aliphatic carbocycles. The lowest BCUT2D eigenvalue weighted by molar-refractivity contribution is 0.100. The van der Waals surface area contributed by atoms with Crippen molar-refractivity contribution in [2.75, 3.05) is 5.32 Å². The van der Waals surface area contributed by atoms with Gasteiger partial charge in [-0.3, -0.25) is 9.59 Å². The minimum atomic E-state index is -0.578. The molecule has 0 radical (unpaired) electrons. The van der Waals surface area contributed by atoms with Gasteiger partial charge >= 0.3 is 0 Å². The van der Waals surface area contributed by atoms with Crippen molar-refractivity contribution < 1.29 is 9.59 Å². The Bertz CT molecular complexity index is 1000. The molecular weight excluding hydrogens is 326 g/mol. The fraction of sp³-hybridized carbons (Fsp3) is 0.143. The number of nitrogens with one attached hydrogen (secondary N) is 1. The van der Waals surface area contributed by atoms with Crippen molar-refractivity contribution in [3.05, 3.63) is 82.7 Å². The van der Waals surface area contributed by atoms with Crippen LogP contribution in [-0.2, 0) is 0 Å². The van der Waals surface area contributed by atoms with Gasteiger partial charge in [-0.15, -0.1) is 0 Å². The summed E-state index contributed by atoms with van der Waals surface area (Å²) in [5.74, 6) is -0.850. The summed E-state index contributed by atoms with van der Waals surface area (Å²) in [5, 5.41) is 2.80. The molecule has 2 amide bonds. The van der Waals surface area contributed by atoms with Crippen molar-refractivity contribution in [2.24, 2.45) is 5.73 Å². The molecule has 0 atom stereocenters. The second-order valence-corrected chi connectivity index (χ2v) is 6.32. The predicted molar refractivity (Wildman–Crippen MR) is 103 cm³/mol. The smallest absolute Gasteiger partial charge is 0.257 e. The number of nitrogens with two attached hydrogens (primary N) is 1. The third kappa shape index (κ3) is 3.24. The predicted octanol–water partition coefficient (Wildman–Crippen LogP) is 3.75. The number of benzene rings is 2. The van der Waals surface area contributed by atoms with Gasteiger partial charge in [0.15, 0.2) is 0 Å². The summed E-state index contributed by atoms with van der Waals surface area (Å²) in [6.45, 7) is 5.90. The molecule has 5 heteroatoms. The lowest BCUT2D eigenvalue weighted by Crippen LogP contribution is -2.18. The molecule has 5 nitrogen and oxygen atoms in total. The van der Waals surface area contributed by atoms with Gasteiger partial charge in [0.05, 0.1) is 16.8 Å². The SMILES string of the molecule is Cc1cccc(-n2c(C)cc(C(=O)Nc3ccccc3C(N)=O)c2C)c1. The van der Waals surface area contributed by atoms with Crippen LogP contribution in [0.4, 0.5) is 5.69 Å². The lowest BCUT2D eigenvalue weighted by Gasteiger charge is -2.11. The van der Waals surface area contributed by atoms with E-state index in [2.05, 4.69) is 11.4 Å².